The fourth-order valence-electron chi connectivity index (χ4n) is 3.08. The van der Waals surface area contributed by atoms with Crippen LogP contribution in [0.1, 0.15) is 5.56 Å². The van der Waals surface area contributed by atoms with E-state index in [0.29, 0.717) is 11.3 Å². The van der Waals surface area contributed by atoms with Crippen LogP contribution >= 0.6 is 0 Å². The van der Waals surface area contributed by atoms with Crippen LogP contribution in [0.15, 0.2) is 99.1 Å². The minimum absolute atomic E-state index is 0. The van der Waals surface area contributed by atoms with Crippen LogP contribution in [0.3, 0.4) is 0 Å². The molecule has 1 aliphatic rings. The number of hydrogen-bond donors (Lipinski definition) is 1. The van der Waals surface area contributed by atoms with E-state index in [-0.39, 0.29) is 51.5 Å². The number of nitro benzene ring substituents is 1. The van der Waals surface area contributed by atoms with Gasteiger partial charge in [-0.3, -0.25) is 19.5 Å². The second-order valence-electron chi connectivity index (χ2n) is 6.86. The summed E-state index contributed by atoms with van der Waals surface area (Å²) in [5, 5.41) is 24.7. The van der Waals surface area contributed by atoms with E-state index in [2.05, 4.69) is 15.3 Å². The molecule has 0 bridgehead atoms. The van der Waals surface area contributed by atoms with Crippen molar-refractivity contribution < 1.29 is 22.7 Å². The van der Waals surface area contributed by atoms with Gasteiger partial charge >= 0.3 is 0 Å². The number of anilines is 1. The van der Waals surface area contributed by atoms with E-state index >= 15 is 0 Å². The Bertz CT molecular complexity index is 1380. The van der Waals surface area contributed by atoms with E-state index in [1.807, 2.05) is 0 Å². The number of hydrogen-bond acceptors (Lipinski definition) is 8. The number of hydrazone groups is 1. The summed E-state index contributed by atoms with van der Waals surface area (Å²) in [7, 11) is -4.35. The molecule has 11 nitrogen and oxygen atoms in total. The third-order valence-electron chi connectivity index (χ3n) is 4.71. The first kappa shape index (κ1) is 25.3. The molecule has 34 heavy (non-hydrogen) atoms. The summed E-state index contributed by atoms with van der Waals surface area (Å²) >= 11 is 0. The molecule has 13 heteroatoms. The van der Waals surface area contributed by atoms with Crippen molar-refractivity contribution in [2.24, 2.45) is 15.3 Å². The number of nitro groups is 1. The number of rotatable bonds is 6. The smallest absolute Gasteiger partial charge is 0.282 e. The van der Waals surface area contributed by atoms with Gasteiger partial charge in [0.1, 0.15) is 5.71 Å². The van der Waals surface area contributed by atoms with E-state index < -0.39 is 27.0 Å². The van der Waals surface area contributed by atoms with Crippen molar-refractivity contribution in [1.29, 1.82) is 0 Å². The Balaban J connectivity index is 0.00000324. The molecule has 0 saturated heterocycles. The largest absolute Gasteiger partial charge is 0.294 e. The standard InChI is InChI=1S/C21H15N5O6S.Na/c27-21-20(23-22-15-8-12-18(13-9-15)33(30,31)32)19(14-6-10-17(11-7-14)26(28)29)24-25(21)16-4-2-1-3-5-16;/h1-13,20H,(H,30,31,32);. The molecule has 0 spiro atoms. The molecular weight excluding hydrogens is 473 g/mol. The molecular formula is C21H15N5NaO6S. The van der Waals surface area contributed by atoms with Crippen LogP contribution in [0.4, 0.5) is 17.1 Å². The average Bonchev–Trinajstić information content (AvgIpc) is 3.14. The molecule has 1 unspecified atom stereocenters. The molecule has 0 saturated carbocycles. The molecule has 1 aliphatic heterocycles. The van der Waals surface area contributed by atoms with E-state index in [1.165, 1.54) is 41.4 Å². The number of para-hydroxylation sites is 1. The topological polar surface area (TPSA) is 155 Å². The predicted octanol–water partition coefficient (Wildman–Crippen LogP) is 3.36. The summed E-state index contributed by atoms with van der Waals surface area (Å²) in [5.41, 5.74) is 1.35. The SMILES string of the molecule is O=C1C(N=Nc2ccc(S(=O)(=O)O)cc2)C(c2ccc([N+](=O)[O-])cc2)=NN1c1ccccc1.[Na]. The summed E-state index contributed by atoms with van der Waals surface area (Å²) in [6, 6.07) is 18.0. The predicted molar refractivity (Wildman–Crippen MR) is 124 cm³/mol. The summed E-state index contributed by atoms with van der Waals surface area (Å²) in [6.07, 6.45) is 0. The third kappa shape index (κ3) is 5.43. The maximum atomic E-state index is 13.1. The number of azo groups is 1. The van der Waals surface area contributed by atoms with Crippen molar-refractivity contribution in [3.05, 3.63) is 94.5 Å². The molecule has 0 aliphatic carbocycles. The van der Waals surface area contributed by atoms with E-state index in [0.717, 1.165) is 12.1 Å². The van der Waals surface area contributed by atoms with E-state index in [9.17, 15) is 23.3 Å². The van der Waals surface area contributed by atoms with Gasteiger partial charge in [-0.2, -0.15) is 28.8 Å². The van der Waals surface area contributed by atoms with Crippen LogP contribution in [-0.2, 0) is 14.9 Å². The average molecular weight is 488 g/mol. The Hall–Kier alpha value is -3.29. The first-order chi connectivity index (χ1) is 15.7. The van der Waals surface area contributed by atoms with Crippen LogP contribution in [0.25, 0.3) is 0 Å². The van der Waals surface area contributed by atoms with Crippen molar-refractivity contribution in [1.82, 2.24) is 0 Å². The van der Waals surface area contributed by atoms with E-state index in [1.54, 1.807) is 30.3 Å². The molecule has 1 atom stereocenters. The molecule has 1 radical (unpaired) electrons. The summed E-state index contributed by atoms with van der Waals surface area (Å²) in [5.74, 6) is -0.479. The number of nitrogens with zero attached hydrogens (tertiary/aromatic N) is 5. The number of benzene rings is 3. The van der Waals surface area contributed by atoms with Crippen molar-refractivity contribution in [2.45, 2.75) is 10.9 Å². The van der Waals surface area contributed by atoms with Gasteiger partial charge in [0.2, 0.25) is 0 Å². The molecule has 0 aromatic heterocycles. The number of amides is 1. The molecule has 1 amide bonds. The second kappa shape index (κ2) is 10.3. The van der Waals surface area contributed by atoms with Gasteiger partial charge in [0.25, 0.3) is 21.7 Å². The quantitative estimate of drug-likeness (QED) is 0.184. The summed E-state index contributed by atoms with van der Waals surface area (Å²) < 4.78 is 31.4. The minimum Gasteiger partial charge on any atom is -0.282 e. The third-order valence-corrected chi connectivity index (χ3v) is 5.58. The van der Waals surface area contributed by atoms with Crippen molar-refractivity contribution in [3.8, 4) is 0 Å². The molecule has 1 heterocycles. The first-order valence-corrected chi connectivity index (χ1v) is 10.9. The monoisotopic (exact) mass is 488 g/mol. The zero-order chi connectivity index (χ0) is 23.6. The van der Waals surface area contributed by atoms with Crippen molar-refractivity contribution >= 4 is 68.4 Å². The van der Waals surface area contributed by atoms with Crippen LogP contribution < -0.4 is 5.01 Å². The van der Waals surface area contributed by atoms with E-state index in [4.69, 9.17) is 4.55 Å². The normalized spacial score (nSPS) is 15.8. The Morgan fingerprint density at radius 2 is 1.59 bits per heavy atom. The van der Waals surface area contributed by atoms with Crippen LogP contribution in [0.2, 0.25) is 0 Å². The second-order valence-corrected chi connectivity index (χ2v) is 8.28. The molecule has 167 valence electrons. The maximum Gasteiger partial charge on any atom is 0.294 e. The molecule has 0 fully saturated rings. The zero-order valence-electron chi connectivity index (χ0n) is 17.7. The van der Waals surface area contributed by atoms with Gasteiger partial charge in [-0.25, -0.2) is 0 Å². The number of non-ortho nitro benzene ring substituents is 1. The van der Waals surface area contributed by atoms with Gasteiger partial charge in [0.15, 0.2) is 6.04 Å². The zero-order valence-corrected chi connectivity index (χ0v) is 20.5. The number of carbonyl (C=O) groups is 1. The molecule has 3 aromatic rings. The molecule has 4 rings (SSSR count). The fourth-order valence-corrected chi connectivity index (χ4v) is 3.56. The Kier molecular flexibility index (Phi) is 7.69. The Morgan fingerprint density at radius 3 is 2.15 bits per heavy atom. The van der Waals surface area contributed by atoms with Crippen LogP contribution in [0.5, 0.6) is 0 Å². The van der Waals surface area contributed by atoms with Crippen LogP contribution in [-0.4, -0.2) is 65.1 Å². The van der Waals surface area contributed by atoms with Gasteiger partial charge in [0.05, 0.1) is 21.2 Å². The maximum absolute atomic E-state index is 13.1. The van der Waals surface area contributed by atoms with Crippen molar-refractivity contribution in [3.63, 3.8) is 0 Å². The van der Waals surface area contributed by atoms with Crippen molar-refractivity contribution in [2.75, 3.05) is 5.01 Å². The van der Waals surface area contributed by atoms with Gasteiger partial charge in [0, 0.05) is 47.3 Å². The Morgan fingerprint density at radius 1 is 0.971 bits per heavy atom. The summed E-state index contributed by atoms with van der Waals surface area (Å²) in [4.78, 5) is 23.2. The molecule has 3 aromatic carbocycles. The van der Waals surface area contributed by atoms with Crippen LogP contribution in [0, 0.1) is 10.1 Å². The number of carbonyl (C=O) groups excluding carboxylic acids is 1. The van der Waals surface area contributed by atoms with Gasteiger partial charge in [-0.1, -0.05) is 18.2 Å². The van der Waals surface area contributed by atoms with Gasteiger partial charge in [-0.05, 0) is 48.5 Å². The first-order valence-electron chi connectivity index (χ1n) is 9.45. The summed E-state index contributed by atoms with van der Waals surface area (Å²) in [6.45, 7) is 0. The molecule has 1 N–H and O–H groups in total. The van der Waals surface area contributed by atoms with Gasteiger partial charge < -0.3 is 0 Å². The fraction of sp³-hybridized carbons (Fsp3) is 0.0476. The Labute approximate surface area is 216 Å². The minimum atomic E-state index is -4.35. The van der Waals surface area contributed by atoms with Gasteiger partial charge in [-0.15, -0.1) is 0 Å².